The quantitative estimate of drug-likeness (QED) is 0.895. The SMILES string of the molecule is O=C(NC1CC1)N1CCOC2(CCCN(c3ncccc3F)C2)C1. The standard InChI is InChI=1S/C17H23FN4O2/c18-14-3-1-7-19-15(14)21-8-2-6-17(11-21)12-22(9-10-24-17)16(23)20-13-4-5-13/h1,3,7,13H,2,4-6,8-12H2,(H,20,23). The van der Waals surface area contributed by atoms with E-state index in [4.69, 9.17) is 4.74 Å². The Hall–Kier alpha value is -1.89. The highest BCUT2D eigenvalue weighted by molar-refractivity contribution is 5.75. The number of aromatic nitrogens is 1. The van der Waals surface area contributed by atoms with E-state index in [0.29, 0.717) is 38.1 Å². The highest BCUT2D eigenvalue weighted by Gasteiger charge is 2.43. The maximum Gasteiger partial charge on any atom is 0.317 e. The first-order valence-electron chi connectivity index (χ1n) is 8.70. The third-order valence-corrected chi connectivity index (χ3v) is 5.02. The van der Waals surface area contributed by atoms with Gasteiger partial charge in [0.25, 0.3) is 0 Å². The number of piperidine rings is 1. The molecule has 3 heterocycles. The van der Waals surface area contributed by atoms with Crippen molar-refractivity contribution in [1.82, 2.24) is 15.2 Å². The van der Waals surface area contributed by atoms with Gasteiger partial charge in [0.2, 0.25) is 0 Å². The van der Waals surface area contributed by atoms with Crippen LogP contribution in [0.1, 0.15) is 25.7 Å². The predicted octanol–water partition coefficient (Wildman–Crippen LogP) is 1.76. The van der Waals surface area contributed by atoms with Crippen LogP contribution in [-0.2, 0) is 4.74 Å². The van der Waals surface area contributed by atoms with Crippen molar-refractivity contribution in [2.75, 3.05) is 37.7 Å². The molecule has 7 heteroatoms. The number of rotatable bonds is 2. The maximum atomic E-state index is 14.1. The number of urea groups is 1. The van der Waals surface area contributed by atoms with Gasteiger partial charge in [-0.3, -0.25) is 0 Å². The fourth-order valence-corrected chi connectivity index (χ4v) is 3.65. The largest absolute Gasteiger partial charge is 0.369 e. The first kappa shape index (κ1) is 15.6. The fourth-order valence-electron chi connectivity index (χ4n) is 3.65. The molecule has 1 atom stereocenters. The number of nitrogens with zero attached hydrogens (tertiary/aromatic N) is 3. The third-order valence-electron chi connectivity index (χ3n) is 5.02. The minimum Gasteiger partial charge on any atom is -0.369 e. The van der Waals surface area contributed by atoms with Crippen LogP contribution in [0.4, 0.5) is 15.0 Å². The monoisotopic (exact) mass is 334 g/mol. The number of anilines is 1. The lowest BCUT2D eigenvalue weighted by atomic mass is 9.90. The van der Waals surface area contributed by atoms with E-state index >= 15 is 0 Å². The lowest BCUT2D eigenvalue weighted by molar-refractivity contribution is -0.103. The summed E-state index contributed by atoms with van der Waals surface area (Å²) in [5, 5.41) is 3.04. The van der Waals surface area contributed by atoms with E-state index in [0.717, 1.165) is 32.2 Å². The number of carbonyl (C=O) groups excluding carboxylic acids is 1. The molecule has 24 heavy (non-hydrogen) atoms. The first-order chi connectivity index (χ1) is 11.7. The zero-order chi connectivity index (χ0) is 16.6. The molecule has 1 N–H and O–H groups in total. The minimum atomic E-state index is -0.429. The van der Waals surface area contributed by atoms with Crippen LogP contribution < -0.4 is 10.2 Å². The van der Waals surface area contributed by atoms with E-state index in [1.165, 1.54) is 6.07 Å². The van der Waals surface area contributed by atoms with Gasteiger partial charge in [0.1, 0.15) is 5.60 Å². The molecule has 1 aromatic heterocycles. The summed E-state index contributed by atoms with van der Waals surface area (Å²) in [5.41, 5.74) is -0.429. The molecule has 0 bridgehead atoms. The second kappa shape index (κ2) is 6.20. The highest BCUT2D eigenvalue weighted by Crippen LogP contribution is 2.32. The summed E-state index contributed by atoms with van der Waals surface area (Å²) < 4.78 is 20.2. The first-order valence-corrected chi connectivity index (χ1v) is 8.70. The Balaban J connectivity index is 1.47. The second-order valence-electron chi connectivity index (χ2n) is 7.01. The third kappa shape index (κ3) is 3.17. The molecule has 4 rings (SSSR count). The fraction of sp³-hybridized carbons (Fsp3) is 0.647. The number of morpholine rings is 1. The maximum absolute atomic E-state index is 14.1. The summed E-state index contributed by atoms with van der Waals surface area (Å²) in [6, 6.07) is 3.38. The summed E-state index contributed by atoms with van der Waals surface area (Å²) in [4.78, 5) is 20.3. The van der Waals surface area contributed by atoms with Gasteiger partial charge in [0, 0.05) is 25.3 Å². The average Bonchev–Trinajstić information content (AvgIpc) is 3.39. The Bertz CT molecular complexity index is 620. The summed E-state index contributed by atoms with van der Waals surface area (Å²) >= 11 is 0. The van der Waals surface area contributed by atoms with Gasteiger partial charge < -0.3 is 19.9 Å². The van der Waals surface area contributed by atoms with Crippen molar-refractivity contribution < 1.29 is 13.9 Å². The van der Waals surface area contributed by atoms with Crippen molar-refractivity contribution in [3.05, 3.63) is 24.1 Å². The van der Waals surface area contributed by atoms with Gasteiger partial charge in [-0.2, -0.15) is 0 Å². The molecule has 2 amide bonds. The van der Waals surface area contributed by atoms with E-state index in [1.807, 2.05) is 9.80 Å². The molecule has 1 spiro atoms. The van der Waals surface area contributed by atoms with E-state index < -0.39 is 5.60 Å². The Morgan fingerprint density at radius 3 is 3.04 bits per heavy atom. The van der Waals surface area contributed by atoms with Gasteiger partial charge in [-0.15, -0.1) is 0 Å². The van der Waals surface area contributed by atoms with E-state index in [1.54, 1.807) is 12.3 Å². The van der Waals surface area contributed by atoms with E-state index in [9.17, 15) is 9.18 Å². The number of hydrogen-bond donors (Lipinski definition) is 1. The van der Waals surface area contributed by atoms with Crippen LogP contribution in [-0.4, -0.2) is 60.3 Å². The molecule has 1 aromatic rings. The topological polar surface area (TPSA) is 57.7 Å². The van der Waals surface area contributed by atoms with Crippen LogP contribution in [0.25, 0.3) is 0 Å². The number of carbonyl (C=O) groups is 1. The number of amides is 2. The van der Waals surface area contributed by atoms with Crippen molar-refractivity contribution in [1.29, 1.82) is 0 Å². The van der Waals surface area contributed by atoms with Crippen LogP contribution in [0.5, 0.6) is 0 Å². The molecule has 3 fully saturated rings. The van der Waals surface area contributed by atoms with Crippen LogP contribution in [0.3, 0.4) is 0 Å². The summed E-state index contributed by atoms with van der Waals surface area (Å²) in [7, 11) is 0. The normalized spacial score (nSPS) is 27.4. The molecule has 2 saturated heterocycles. The summed E-state index contributed by atoms with van der Waals surface area (Å²) in [5.74, 6) is 0.0634. The van der Waals surface area contributed by atoms with Gasteiger partial charge in [-0.1, -0.05) is 0 Å². The van der Waals surface area contributed by atoms with Crippen molar-refractivity contribution >= 4 is 11.8 Å². The van der Waals surface area contributed by atoms with Gasteiger partial charge in [-0.05, 0) is 37.8 Å². The van der Waals surface area contributed by atoms with Crippen LogP contribution in [0.2, 0.25) is 0 Å². The zero-order valence-corrected chi connectivity index (χ0v) is 13.7. The Labute approximate surface area is 141 Å². The Morgan fingerprint density at radius 2 is 2.25 bits per heavy atom. The van der Waals surface area contributed by atoms with Crippen molar-refractivity contribution in [3.63, 3.8) is 0 Å². The molecular weight excluding hydrogens is 311 g/mol. The van der Waals surface area contributed by atoms with Crippen LogP contribution >= 0.6 is 0 Å². The number of halogens is 1. The lowest BCUT2D eigenvalue weighted by Gasteiger charge is -2.48. The average molecular weight is 334 g/mol. The number of hydrogen-bond acceptors (Lipinski definition) is 4. The molecule has 0 aromatic carbocycles. The second-order valence-corrected chi connectivity index (χ2v) is 7.01. The van der Waals surface area contributed by atoms with Crippen molar-refractivity contribution in [2.45, 2.75) is 37.3 Å². The molecule has 0 radical (unpaired) electrons. The molecule has 1 unspecified atom stereocenters. The van der Waals surface area contributed by atoms with Gasteiger partial charge in [0.15, 0.2) is 11.6 Å². The van der Waals surface area contributed by atoms with Crippen molar-refractivity contribution in [2.24, 2.45) is 0 Å². The molecule has 3 aliphatic rings. The molecule has 2 aliphatic heterocycles. The summed E-state index contributed by atoms with van der Waals surface area (Å²) in [6.07, 6.45) is 5.54. The molecule has 1 aliphatic carbocycles. The molecule has 130 valence electrons. The van der Waals surface area contributed by atoms with Gasteiger partial charge in [-0.25, -0.2) is 14.2 Å². The van der Waals surface area contributed by atoms with Crippen molar-refractivity contribution in [3.8, 4) is 0 Å². The highest BCUT2D eigenvalue weighted by atomic mass is 19.1. The van der Waals surface area contributed by atoms with Crippen LogP contribution in [0.15, 0.2) is 18.3 Å². The van der Waals surface area contributed by atoms with E-state index in [-0.39, 0.29) is 11.8 Å². The van der Waals surface area contributed by atoms with Crippen LogP contribution in [0, 0.1) is 5.82 Å². The summed E-state index contributed by atoms with van der Waals surface area (Å²) in [6.45, 7) is 3.01. The predicted molar refractivity (Wildman–Crippen MR) is 87.5 cm³/mol. The molecule has 6 nitrogen and oxygen atoms in total. The lowest BCUT2D eigenvalue weighted by Crippen LogP contribution is -2.62. The number of ether oxygens (including phenoxy) is 1. The number of nitrogens with one attached hydrogen (secondary N) is 1. The molecular formula is C17H23FN4O2. The number of pyridine rings is 1. The van der Waals surface area contributed by atoms with E-state index in [2.05, 4.69) is 10.3 Å². The Kier molecular flexibility index (Phi) is 4.04. The minimum absolute atomic E-state index is 0.00122. The molecule has 1 saturated carbocycles. The zero-order valence-electron chi connectivity index (χ0n) is 13.7. The van der Waals surface area contributed by atoms with Gasteiger partial charge in [0.05, 0.1) is 19.7 Å². The Morgan fingerprint density at radius 1 is 1.38 bits per heavy atom. The smallest absolute Gasteiger partial charge is 0.317 e. The van der Waals surface area contributed by atoms with Gasteiger partial charge >= 0.3 is 6.03 Å².